The number of carbonyl (C=O) groups is 1. The van der Waals surface area contributed by atoms with Crippen LogP contribution in [0, 0.1) is 5.92 Å². The van der Waals surface area contributed by atoms with Gasteiger partial charge in [-0.2, -0.15) is 0 Å². The number of halogens is 1. The molecule has 0 aromatic heterocycles. The van der Waals surface area contributed by atoms with Gasteiger partial charge in [0.25, 0.3) is 0 Å². The van der Waals surface area contributed by atoms with E-state index in [1.807, 2.05) is 6.92 Å². The van der Waals surface area contributed by atoms with Gasteiger partial charge in [-0.1, -0.05) is 19.8 Å². The highest BCUT2D eigenvalue weighted by atomic mass is 19.1. The number of ketones is 1. The van der Waals surface area contributed by atoms with Crippen molar-refractivity contribution in [2.45, 2.75) is 76.7 Å². The van der Waals surface area contributed by atoms with Crippen molar-refractivity contribution in [3.8, 4) is 0 Å². The van der Waals surface area contributed by atoms with Gasteiger partial charge in [0.2, 0.25) is 0 Å². The summed E-state index contributed by atoms with van der Waals surface area (Å²) in [7, 11) is 0. The van der Waals surface area contributed by atoms with Crippen molar-refractivity contribution < 1.29 is 19.4 Å². The van der Waals surface area contributed by atoms with Crippen molar-refractivity contribution in [1.82, 2.24) is 0 Å². The molecule has 0 aromatic carbocycles. The molecule has 1 saturated carbocycles. The first-order chi connectivity index (χ1) is 8.36. The molecule has 18 heavy (non-hydrogen) atoms. The number of aliphatic hydroxyl groups is 2. The summed E-state index contributed by atoms with van der Waals surface area (Å²) >= 11 is 0. The van der Waals surface area contributed by atoms with Crippen molar-refractivity contribution in [2.24, 2.45) is 5.92 Å². The highest BCUT2D eigenvalue weighted by Crippen LogP contribution is 2.31. The maximum Gasteiger partial charge on any atom is 0.169 e. The molecule has 1 fully saturated rings. The van der Waals surface area contributed by atoms with Gasteiger partial charge in [0, 0.05) is 6.42 Å². The highest BCUT2D eigenvalue weighted by Gasteiger charge is 2.35. The van der Waals surface area contributed by atoms with E-state index in [0.717, 1.165) is 6.42 Å². The minimum atomic E-state index is -1.74. The van der Waals surface area contributed by atoms with E-state index in [-0.39, 0.29) is 24.5 Å². The van der Waals surface area contributed by atoms with Gasteiger partial charge < -0.3 is 10.2 Å². The van der Waals surface area contributed by atoms with Crippen LogP contribution in [0.2, 0.25) is 0 Å². The Balaban J connectivity index is 2.36. The number of hydrogen-bond donors (Lipinski definition) is 2. The van der Waals surface area contributed by atoms with Gasteiger partial charge >= 0.3 is 0 Å². The molecule has 3 nitrogen and oxygen atoms in total. The second-order valence-corrected chi connectivity index (χ2v) is 5.72. The fourth-order valence-electron chi connectivity index (χ4n) is 2.61. The SMILES string of the molecule is CCCCC(C)(F)C(=O)CC[C@@H]1CC(O)CC1O. The van der Waals surface area contributed by atoms with Crippen LogP contribution in [0.5, 0.6) is 0 Å². The van der Waals surface area contributed by atoms with Gasteiger partial charge in [-0.25, -0.2) is 4.39 Å². The average Bonchev–Trinajstić information content (AvgIpc) is 2.62. The van der Waals surface area contributed by atoms with E-state index in [4.69, 9.17) is 0 Å². The van der Waals surface area contributed by atoms with Crippen LogP contribution < -0.4 is 0 Å². The van der Waals surface area contributed by atoms with E-state index in [1.165, 1.54) is 6.92 Å². The summed E-state index contributed by atoms with van der Waals surface area (Å²) < 4.78 is 14.1. The molecule has 0 aromatic rings. The third kappa shape index (κ3) is 4.32. The second kappa shape index (κ2) is 6.62. The lowest BCUT2D eigenvalue weighted by atomic mass is 9.90. The Morgan fingerprint density at radius 1 is 1.39 bits per heavy atom. The van der Waals surface area contributed by atoms with Crippen molar-refractivity contribution in [3.63, 3.8) is 0 Å². The molecule has 1 aliphatic carbocycles. The fourth-order valence-corrected chi connectivity index (χ4v) is 2.61. The summed E-state index contributed by atoms with van der Waals surface area (Å²) in [5.74, 6) is -0.435. The molecule has 0 radical (unpaired) electrons. The van der Waals surface area contributed by atoms with Crippen LogP contribution in [0.3, 0.4) is 0 Å². The van der Waals surface area contributed by atoms with Crippen LogP contribution in [-0.4, -0.2) is 33.9 Å². The molecular formula is C14H25FO3. The Morgan fingerprint density at radius 3 is 2.56 bits per heavy atom. The van der Waals surface area contributed by atoms with E-state index in [1.54, 1.807) is 0 Å². The molecule has 1 rings (SSSR count). The smallest absolute Gasteiger partial charge is 0.169 e. The first-order valence-electron chi connectivity index (χ1n) is 6.95. The van der Waals surface area contributed by atoms with Crippen LogP contribution in [0.1, 0.15) is 58.8 Å². The molecule has 0 amide bonds. The maximum absolute atomic E-state index is 14.1. The third-order valence-corrected chi connectivity index (χ3v) is 3.96. The topological polar surface area (TPSA) is 57.5 Å². The minimum absolute atomic E-state index is 0.0640. The van der Waals surface area contributed by atoms with Gasteiger partial charge in [0.1, 0.15) is 0 Å². The summed E-state index contributed by atoms with van der Waals surface area (Å²) in [5.41, 5.74) is -1.74. The lowest BCUT2D eigenvalue weighted by molar-refractivity contribution is -0.130. The summed E-state index contributed by atoms with van der Waals surface area (Å²) in [6.45, 7) is 3.32. The molecule has 0 spiro atoms. The molecule has 0 bridgehead atoms. The van der Waals surface area contributed by atoms with Gasteiger partial charge in [-0.15, -0.1) is 0 Å². The monoisotopic (exact) mass is 260 g/mol. The normalized spacial score (nSPS) is 31.3. The Labute approximate surface area is 108 Å². The second-order valence-electron chi connectivity index (χ2n) is 5.72. The minimum Gasteiger partial charge on any atom is -0.393 e. The molecular weight excluding hydrogens is 235 g/mol. The van der Waals surface area contributed by atoms with Gasteiger partial charge in [0.15, 0.2) is 11.5 Å². The van der Waals surface area contributed by atoms with Crippen molar-refractivity contribution in [1.29, 1.82) is 0 Å². The van der Waals surface area contributed by atoms with Crippen LogP contribution in [0.4, 0.5) is 4.39 Å². The van der Waals surface area contributed by atoms with Gasteiger partial charge in [0.05, 0.1) is 12.2 Å². The Bertz CT molecular complexity index is 278. The quantitative estimate of drug-likeness (QED) is 0.739. The van der Waals surface area contributed by atoms with E-state index in [0.29, 0.717) is 25.7 Å². The molecule has 0 aliphatic heterocycles. The largest absolute Gasteiger partial charge is 0.393 e. The highest BCUT2D eigenvalue weighted by molar-refractivity contribution is 5.86. The van der Waals surface area contributed by atoms with Crippen LogP contribution in [-0.2, 0) is 4.79 Å². The number of Topliss-reactive ketones (excluding diaryl/α,β-unsaturated/α-hetero) is 1. The molecule has 0 heterocycles. The lowest BCUT2D eigenvalue weighted by Crippen LogP contribution is -2.30. The van der Waals surface area contributed by atoms with Gasteiger partial charge in [-0.3, -0.25) is 4.79 Å². The number of unbranched alkanes of at least 4 members (excludes halogenated alkanes) is 1. The molecule has 106 valence electrons. The number of aliphatic hydroxyl groups excluding tert-OH is 2. The predicted octanol–water partition coefficient (Wildman–Crippen LogP) is 2.39. The molecule has 0 saturated heterocycles. The van der Waals surface area contributed by atoms with Crippen LogP contribution >= 0.6 is 0 Å². The summed E-state index contributed by atoms with van der Waals surface area (Å²) in [5, 5.41) is 19.0. The first-order valence-corrected chi connectivity index (χ1v) is 6.95. The molecule has 2 N–H and O–H groups in total. The molecule has 1 aliphatic rings. The van der Waals surface area contributed by atoms with Crippen molar-refractivity contribution >= 4 is 5.78 Å². The van der Waals surface area contributed by atoms with Crippen LogP contribution in [0.15, 0.2) is 0 Å². The van der Waals surface area contributed by atoms with E-state index >= 15 is 0 Å². The number of alkyl halides is 1. The van der Waals surface area contributed by atoms with Crippen molar-refractivity contribution in [2.75, 3.05) is 0 Å². The zero-order valence-electron chi connectivity index (χ0n) is 11.4. The Morgan fingerprint density at radius 2 is 2.06 bits per heavy atom. The number of hydrogen-bond acceptors (Lipinski definition) is 3. The molecule has 4 heteroatoms. The number of carbonyl (C=O) groups excluding carboxylic acids is 1. The van der Waals surface area contributed by atoms with E-state index in [2.05, 4.69) is 0 Å². The third-order valence-electron chi connectivity index (χ3n) is 3.96. The first kappa shape index (κ1) is 15.6. The zero-order valence-corrected chi connectivity index (χ0v) is 11.4. The average molecular weight is 260 g/mol. The zero-order chi connectivity index (χ0) is 13.8. The fraction of sp³-hybridized carbons (Fsp3) is 0.929. The van der Waals surface area contributed by atoms with E-state index < -0.39 is 17.9 Å². The number of rotatable bonds is 7. The van der Waals surface area contributed by atoms with Gasteiger partial charge in [-0.05, 0) is 38.5 Å². The molecule has 3 unspecified atom stereocenters. The summed E-state index contributed by atoms with van der Waals surface area (Å²) in [4.78, 5) is 11.8. The Kier molecular flexibility index (Phi) is 5.73. The molecule has 4 atom stereocenters. The van der Waals surface area contributed by atoms with E-state index in [9.17, 15) is 19.4 Å². The standard InChI is InChI=1S/C14H25FO3/c1-3-4-7-14(2,15)13(18)6-5-10-8-11(16)9-12(10)17/h10-12,16-17H,3-9H2,1-2H3/t10-,11?,12?,14?/m1/s1. The van der Waals surface area contributed by atoms with Crippen molar-refractivity contribution in [3.05, 3.63) is 0 Å². The predicted molar refractivity (Wildman–Crippen MR) is 68.0 cm³/mol. The lowest BCUT2D eigenvalue weighted by Gasteiger charge is -2.20. The Hall–Kier alpha value is -0.480. The summed E-state index contributed by atoms with van der Waals surface area (Å²) in [6, 6.07) is 0. The summed E-state index contributed by atoms with van der Waals surface area (Å²) in [6.07, 6.45) is 2.37. The maximum atomic E-state index is 14.1. The van der Waals surface area contributed by atoms with Crippen LogP contribution in [0.25, 0.3) is 0 Å².